The van der Waals surface area contributed by atoms with Crippen molar-refractivity contribution in [1.29, 1.82) is 0 Å². The molecule has 3 aromatic carbocycles. The SMILES string of the molecule is CCOc1ccc(/C(=C(\c2[c]cccc2)c2ccc3[nH]nc(F)c3c2)C2CCC2)c(F)c1. The lowest BCUT2D eigenvalue weighted by molar-refractivity contribution is 0.338. The van der Waals surface area contributed by atoms with Gasteiger partial charge in [-0.05, 0) is 78.3 Å². The zero-order chi connectivity index (χ0) is 22.1. The summed E-state index contributed by atoms with van der Waals surface area (Å²) in [5, 5.41) is 6.80. The maximum atomic E-state index is 15.4. The molecule has 5 rings (SSSR count). The van der Waals surface area contributed by atoms with Crippen LogP contribution >= 0.6 is 0 Å². The Kier molecular flexibility index (Phi) is 5.48. The predicted molar refractivity (Wildman–Crippen MR) is 122 cm³/mol. The number of hydrogen-bond donors (Lipinski definition) is 1. The number of halogens is 2. The van der Waals surface area contributed by atoms with Gasteiger partial charge >= 0.3 is 0 Å². The molecule has 161 valence electrons. The molecule has 0 bridgehead atoms. The molecular formula is C27H23F2N2O. The molecule has 1 aliphatic carbocycles. The lowest BCUT2D eigenvalue weighted by Crippen LogP contribution is -2.16. The summed E-state index contributed by atoms with van der Waals surface area (Å²) in [6.45, 7) is 2.35. The fourth-order valence-corrected chi connectivity index (χ4v) is 4.37. The molecule has 1 saturated carbocycles. The number of allylic oxidation sites excluding steroid dienone is 1. The molecule has 3 nitrogen and oxygen atoms in total. The Hall–Kier alpha value is -3.47. The van der Waals surface area contributed by atoms with E-state index < -0.39 is 5.95 Å². The van der Waals surface area contributed by atoms with Crippen LogP contribution in [-0.4, -0.2) is 16.8 Å². The van der Waals surface area contributed by atoms with Crippen molar-refractivity contribution in [1.82, 2.24) is 10.2 Å². The predicted octanol–water partition coefficient (Wildman–Crippen LogP) is 6.80. The number of H-pyrrole nitrogens is 1. The van der Waals surface area contributed by atoms with Gasteiger partial charge in [-0.1, -0.05) is 36.8 Å². The van der Waals surface area contributed by atoms with Gasteiger partial charge in [0.1, 0.15) is 11.6 Å². The summed E-state index contributed by atoms with van der Waals surface area (Å²) in [6.07, 6.45) is 3.08. The topological polar surface area (TPSA) is 37.9 Å². The molecule has 0 spiro atoms. The molecule has 4 aromatic rings. The quantitative estimate of drug-likeness (QED) is 0.342. The van der Waals surface area contributed by atoms with E-state index >= 15 is 4.39 Å². The summed E-state index contributed by atoms with van der Waals surface area (Å²) >= 11 is 0. The standard InChI is InChI=1S/C27H23F2N2O/c1-2-32-20-12-13-21(23(28)16-20)26(18-9-6-10-18)25(17-7-4-3-5-8-17)19-11-14-24-22(15-19)27(29)31-30-24/h3-5,7,11-16,18H,2,6,9-10H2,1H3,(H,30,31)/b26-25+. The fourth-order valence-electron chi connectivity index (χ4n) is 4.37. The zero-order valence-corrected chi connectivity index (χ0v) is 17.8. The summed E-state index contributed by atoms with van der Waals surface area (Å²) in [4.78, 5) is 0. The number of aromatic nitrogens is 2. The third-order valence-electron chi connectivity index (χ3n) is 6.11. The summed E-state index contributed by atoms with van der Waals surface area (Å²) in [5.74, 6) is -0.134. The Labute approximate surface area is 185 Å². The van der Waals surface area contributed by atoms with Gasteiger partial charge in [-0.25, -0.2) is 4.39 Å². The average molecular weight is 429 g/mol. The highest BCUT2D eigenvalue weighted by Gasteiger charge is 2.29. The Morgan fingerprint density at radius 1 is 1.12 bits per heavy atom. The van der Waals surface area contributed by atoms with E-state index in [1.54, 1.807) is 12.1 Å². The number of nitrogens with zero attached hydrogens (tertiary/aromatic N) is 1. The summed E-state index contributed by atoms with van der Waals surface area (Å²) in [7, 11) is 0. The zero-order valence-electron chi connectivity index (χ0n) is 17.8. The van der Waals surface area contributed by atoms with Gasteiger partial charge in [-0.3, -0.25) is 5.10 Å². The van der Waals surface area contributed by atoms with Gasteiger partial charge in [0.25, 0.3) is 0 Å². The second-order valence-electron chi connectivity index (χ2n) is 8.04. The molecule has 1 aliphatic rings. The summed E-state index contributed by atoms with van der Waals surface area (Å²) in [6, 6.07) is 21.6. The second-order valence-corrected chi connectivity index (χ2v) is 8.04. The maximum absolute atomic E-state index is 15.4. The van der Waals surface area contributed by atoms with Gasteiger partial charge in [0, 0.05) is 11.6 Å². The Morgan fingerprint density at radius 2 is 2.00 bits per heavy atom. The van der Waals surface area contributed by atoms with Crippen molar-refractivity contribution in [2.24, 2.45) is 5.92 Å². The lowest BCUT2D eigenvalue weighted by Gasteiger charge is -2.32. The van der Waals surface area contributed by atoms with Crippen LogP contribution in [0.2, 0.25) is 0 Å². The van der Waals surface area contributed by atoms with Crippen LogP contribution in [0.25, 0.3) is 22.0 Å². The molecule has 1 N–H and O–H groups in total. The number of hydrogen-bond acceptors (Lipinski definition) is 2. The lowest BCUT2D eigenvalue weighted by atomic mass is 9.73. The molecule has 0 unspecified atom stereocenters. The van der Waals surface area contributed by atoms with E-state index in [1.165, 1.54) is 6.07 Å². The van der Waals surface area contributed by atoms with Gasteiger partial charge in [0.05, 0.1) is 17.5 Å². The number of benzene rings is 3. The largest absolute Gasteiger partial charge is 0.494 e. The third kappa shape index (κ3) is 3.68. The highest BCUT2D eigenvalue weighted by Crippen LogP contribution is 2.46. The first-order valence-corrected chi connectivity index (χ1v) is 10.9. The van der Waals surface area contributed by atoms with Gasteiger partial charge in [-0.2, -0.15) is 4.39 Å². The smallest absolute Gasteiger partial charge is 0.240 e. The first kappa shape index (κ1) is 20.4. The van der Waals surface area contributed by atoms with Crippen LogP contribution in [0.5, 0.6) is 5.75 Å². The van der Waals surface area contributed by atoms with E-state index in [0.29, 0.717) is 28.8 Å². The molecule has 1 aromatic heterocycles. The molecular weight excluding hydrogens is 406 g/mol. The van der Waals surface area contributed by atoms with Crippen molar-refractivity contribution in [3.05, 3.63) is 95.2 Å². The van der Waals surface area contributed by atoms with Gasteiger partial charge in [0.2, 0.25) is 5.95 Å². The van der Waals surface area contributed by atoms with Crippen LogP contribution in [0.3, 0.4) is 0 Å². The number of aromatic amines is 1. The van der Waals surface area contributed by atoms with Gasteiger partial charge in [-0.15, -0.1) is 5.10 Å². The Morgan fingerprint density at radius 3 is 2.69 bits per heavy atom. The van der Waals surface area contributed by atoms with Crippen molar-refractivity contribution in [2.45, 2.75) is 26.2 Å². The number of rotatable bonds is 6. The summed E-state index contributed by atoms with van der Waals surface area (Å²) < 4.78 is 35.2. The van der Waals surface area contributed by atoms with Crippen LogP contribution in [0.4, 0.5) is 8.78 Å². The van der Waals surface area contributed by atoms with Crippen molar-refractivity contribution in [3.63, 3.8) is 0 Å². The highest BCUT2D eigenvalue weighted by atomic mass is 19.1. The van der Waals surface area contributed by atoms with Gasteiger partial charge in [0.15, 0.2) is 0 Å². The highest BCUT2D eigenvalue weighted by molar-refractivity contribution is 6.01. The molecule has 1 heterocycles. The molecule has 5 heteroatoms. The van der Waals surface area contributed by atoms with E-state index in [9.17, 15) is 4.39 Å². The molecule has 1 radical (unpaired) electrons. The van der Waals surface area contributed by atoms with Gasteiger partial charge < -0.3 is 4.74 Å². The van der Waals surface area contributed by atoms with E-state index in [-0.39, 0.29) is 11.7 Å². The normalized spacial score (nSPS) is 14.8. The van der Waals surface area contributed by atoms with E-state index in [0.717, 1.165) is 41.5 Å². The first-order chi connectivity index (χ1) is 15.7. The van der Waals surface area contributed by atoms with E-state index in [2.05, 4.69) is 16.3 Å². The molecule has 0 aliphatic heterocycles. The second kappa shape index (κ2) is 8.58. The molecule has 0 amide bonds. The maximum Gasteiger partial charge on any atom is 0.240 e. The molecule has 0 saturated heterocycles. The first-order valence-electron chi connectivity index (χ1n) is 10.9. The van der Waals surface area contributed by atoms with Crippen molar-refractivity contribution < 1.29 is 13.5 Å². The van der Waals surface area contributed by atoms with Crippen molar-refractivity contribution in [2.75, 3.05) is 6.61 Å². The number of nitrogens with one attached hydrogen (secondary N) is 1. The van der Waals surface area contributed by atoms with Crippen LogP contribution in [0.1, 0.15) is 42.9 Å². The molecule has 32 heavy (non-hydrogen) atoms. The van der Waals surface area contributed by atoms with E-state index in [1.807, 2.05) is 49.4 Å². The molecule has 0 atom stereocenters. The average Bonchev–Trinajstić information content (AvgIpc) is 3.14. The number of fused-ring (bicyclic) bond motifs is 1. The van der Waals surface area contributed by atoms with Crippen molar-refractivity contribution in [3.8, 4) is 5.75 Å². The minimum Gasteiger partial charge on any atom is -0.494 e. The number of ether oxygens (including phenoxy) is 1. The minimum absolute atomic E-state index is 0.218. The molecule has 1 fully saturated rings. The van der Waals surface area contributed by atoms with Crippen LogP contribution in [0, 0.1) is 23.7 Å². The van der Waals surface area contributed by atoms with E-state index in [4.69, 9.17) is 4.74 Å². The van der Waals surface area contributed by atoms with Crippen LogP contribution < -0.4 is 4.74 Å². The minimum atomic E-state index is -0.546. The van der Waals surface area contributed by atoms with Crippen LogP contribution in [0.15, 0.2) is 60.7 Å². The Bertz CT molecular complexity index is 1290. The Balaban J connectivity index is 1.79. The fraction of sp³-hybridized carbons (Fsp3) is 0.222. The monoisotopic (exact) mass is 429 g/mol. The summed E-state index contributed by atoms with van der Waals surface area (Å²) in [5.41, 5.74) is 4.66. The van der Waals surface area contributed by atoms with Crippen LogP contribution in [-0.2, 0) is 0 Å². The third-order valence-corrected chi connectivity index (χ3v) is 6.11. The van der Waals surface area contributed by atoms with Crippen molar-refractivity contribution >= 4 is 22.0 Å².